The average molecular weight is 866 g/mol. The number of aliphatic hydroxyl groups is 1. The number of halogens is 6. The highest BCUT2D eigenvalue weighted by Gasteiger charge is 2.43. The van der Waals surface area contributed by atoms with Crippen molar-refractivity contribution in [1.82, 2.24) is 14.8 Å². The van der Waals surface area contributed by atoms with Crippen LogP contribution in [0, 0.1) is 42.7 Å². The van der Waals surface area contributed by atoms with Gasteiger partial charge in [-0.2, -0.15) is 18.4 Å². The molecule has 0 bridgehead atoms. The molecule has 0 saturated carbocycles. The van der Waals surface area contributed by atoms with Crippen LogP contribution in [0.1, 0.15) is 59.5 Å². The Balaban J connectivity index is 0.000000960. The van der Waals surface area contributed by atoms with E-state index in [2.05, 4.69) is 11.2 Å². The van der Waals surface area contributed by atoms with Gasteiger partial charge in [0.1, 0.15) is 35.6 Å². The zero-order valence-corrected chi connectivity index (χ0v) is 33.1. The number of hydrogen-bond acceptors (Lipinski definition) is 9. The number of hydrogen-bond donors (Lipinski definition) is 3. The van der Waals surface area contributed by atoms with Gasteiger partial charge in [0, 0.05) is 33.6 Å². The Morgan fingerprint density at radius 3 is 2.20 bits per heavy atom. The molecule has 3 atom stereocenters. The number of carbonyl (C=O) groups excluding carboxylic acids is 1. The molecule has 2 heterocycles. The Morgan fingerprint density at radius 1 is 1.05 bits per heavy atom. The molecule has 2 aromatic heterocycles. The quantitative estimate of drug-likeness (QED) is 0.0782. The maximum absolute atomic E-state index is 15.3. The van der Waals surface area contributed by atoms with Crippen molar-refractivity contribution in [3.63, 3.8) is 0 Å². The number of nitrogens with zero attached hydrogens (tertiary/aromatic N) is 5. The van der Waals surface area contributed by atoms with E-state index in [4.69, 9.17) is 30.6 Å². The highest BCUT2D eigenvalue weighted by molar-refractivity contribution is 7.10. The minimum Gasteiger partial charge on any atom is -1.00 e. The lowest BCUT2D eigenvalue weighted by molar-refractivity contribution is -0.689. The molecule has 0 aliphatic rings. The van der Waals surface area contributed by atoms with Crippen molar-refractivity contribution in [2.45, 2.75) is 71.4 Å². The third-order valence-corrected chi connectivity index (χ3v) is 9.70. The van der Waals surface area contributed by atoms with E-state index in [0.717, 1.165) is 34.4 Å². The highest BCUT2D eigenvalue weighted by Crippen LogP contribution is 2.41. The summed E-state index contributed by atoms with van der Waals surface area (Å²) in [5.41, 5.74) is 8.48. The van der Waals surface area contributed by atoms with E-state index >= 15 is 4.39 Å². The zero-order valence-electron chi connectivity index (χ0n) is 30.7. The molecule has 56 heavy (non-hydrogen) atoms. The molecule has 0 unspecified atom stereocenters. The standard InChI is InChI=1S/C36H37F2N6O3S.C2HF3O2.BrH/c1-21(2)32(40)35(45)47-33-22(3)12-26(13-23(33)4)16-43-19-41-44(20-43)18-36(46,29-11-10-28(37)14-30(29)38)24(5)34-42-31(17-48-34)27-8-6-25(15-39)7-9-27;3-2(4,5)1(6)7;/h6-14,17,19-21,24,32,46H,16,18,40H2,1-5H3;(H,6,7);1H/q+1;;/p-1/t24-,32-,36+;;/m0../s1. The molecule has 0 saturated heterocycles. The van der Waals surface area contributed by atoms with E-state index in [1.807, 2.05) is 49.8 Å². The SMILES string of the molecule is Cc1cc(C[n+]2cnn(C[C@](O)(c3ccc(F)cc3F)[C@@H](C)c3nc(-c4ccc(C#N)cc4)cs3)c2)cc(C)c1OC(=O)[C@@H](N)C(C)C.O=C(O)C(F)(F)F.[Br-]. The first-order chi connectivity index (χ1) is 25.7. The first kappa shape index (κ1) is 45.3. The van der Waals surface area contributed by atoms with Crippen LogP contribution in [-0.2, 0) is 28.3 Å². The number of alkyl halides is 3. The predicted molar refractivity (Wildman–Crippen MR) is 191 cm³/mol. The van der Waals surface area contributed by atoms with Crippen LogP contribution < -0.4 is 32.0 Å². The van der Waals surface area contributed by atoms with Gasteiger partial charge in [-0.25, -0.2) is 27.9 Å². The van der Waals surface area contributed by atoms with E-state index in [1.165, 1.54) is 22.1 Å². The van der Waals surface area contributed by atoms with E-state index in [-0.39, 0.29) is 35.0 Å². The molecule has 0 aliphatic carbocycles. The number of nitriles is 1. The van der Waals surface area contributed by atoms with Crippen LogP contribution in [0.15, 0.2) is 72.6 Å². The van der Waals surface area contributed by atoms with E-state index in [9.17, 15) is 27.5 Å². The molecule has 4 N–H and O–H groups in total. The molecule has 0 fully saturated rings. The van der Waals surface area contributed by atoms with Crippen LogP contribution in [-0.4, -0.2) is 49.1 Å². The van der Waals surface area contributed by atoms with Gasteiger partial charge in [-0.3, -0.25) is 0 Å². The molecule has 0 radical (unpaired) electrons. The van der Waals surface area contributed by atoms with Crippen molar-refractivity contribution in [1.29, 1.82) is 5.26 Å². The molecule has 11 nitrogen and oxygen atoms in total. The number of carboxylic acids is 1. The molecule has 0 spiro atoms. The fraction of sp³-hybridized carbons (Fsp3) is 0.316. The second kappa shape index (κ2) is 18.7. The molecular weight excluding hydrogens is 827 g/mol. The number of thiazole rings is 1. The Hall–Kier alpha value is -5.09. The number of aromatic nitrogens is 4. The van der Waals surface area contributed by atoms with Gasteiger partial charge in [-0.1, -0.05) is 39.0 Å². The lowest BCUT2D eigenvalue weighted by atomic mass is 9.82. The number of aliphatic carboxylic acids is 1. The Kier molecular flexibility index (Phi) is 15.1. The average Bonchev–Trinajstić information content (AvgIpc) is 3.78. The molecule has 0 amide bonds. The van der Waals surface area contributed by atoms with E-state index < -0.39 is 47.3 Å². The summed E-state index contributed by atoms with van der Waals surface area (Å²) in [5, 5.41) is 35.4. The van der Waals surface area contributed by atoms with E-state index in [1.54, 1.807) is 43.8 Å². The van der Waals surface area contributed by atoms with Gasteiger partial charge in [0.25, 0.3) is 6.33 Å². The van der Waals surface area contributed by atoms with Crippen LogP contribution in [0.25, 0.3) is 11.3 Å². The molecule has 3 aromatic carbocycles. The summed E-state index contributed by atoms with van der Waals surface area (Å²) in [6, 6.07) is 15.3. The van der Waals surface area contributed by atoms with Crippen molar-refractivity contribution in [2.24, 2.45) is 11.7 Å². The number of rotatable bonds is 11. The van der Waals surface area contributed by atoms with Gasteiger partial charge in [0.15, 0.2) is 0 Å². The maximum atomic E-state index is 15.3. The molecule has 298 valence electrons. The van der Waals surface area contributed by atoms with Crippen LogP contribution in [0.5, 0.6) is 5.75 Å². The normalized spacial score (nSPS) is 13.4. The Morgan fingerprint density at radius 2 is 1.66 bits per heavy atom. The minimum atomic E-state index is -5.08. The minimum absolute atomic E-state index is 0. The summed E-state index contributed by atoms with van der Waals surface area (Å²) in [6.45, 7) is 9.45. The van der Waals surface area contributed by atoms with Crippen LogP contribution in [0.3, 0.4) is 0 Å². The monoisotopic (exact) mass is 864 g/mol. The van der Waals surface area contributed by atoms with Gasteiger partial charge in [-0.05, 0) is 66.8 Å². The summed E-state index contributed by atoms with van der Waals surface area (Å²) in [7, 11) is 0. The number of carbonyl (C=O) groups is 2. The summed E-state index contributed by atoms with van der Waals surface area (Å²) >= 11 is 1.31. The number of carboxylic acid groups (broad SMARTS) is 1. The largest absolute Gasteiger partial charge is 1.00 e. The van der Waals surface area contributed by atoms with Crippen molar-refractivity contribution >= 4 is 23.3 Å². The van der Waals surface area contributed by atoms with Gasteiger partial charge < -0.3 is 37.7 Å². The topological polar surface area (TPSA) is 168 Å². The van der Waals surface area contributed by atoms with Crippen molar-refractivity contribution in [3.8, 4) is 23.1 Å². The highest BCUT2D eigenvalue weighted by atomic mass is 79.9. The van der Waals surface area contributed by atoms with Crippen LogP contribution in [0.4, 0.5) is 22.0 Å². The number of nitrogens with two attached hydrogens (primary N) is 1. The first-order valence-corrected chi connectivity index (χ1v) is 17.5. The van der Waals surface area contributed by atoms with Gasteiger partial charge in [0.2, 0.25) is 6.33 Å². The molecule has 5 aromatic rings. The molecule has 0 aliphatic heterocycles. The molecule has 5 rings (SSSR count). The van der Waals surface area contributed by atoms with E-state index in [0.29, 0.717) is 28.6 Å². The smallest absolute Gasteiger partial charge is 0.490 e. The predicted octanol–water partition coefficient (Wildman–Crippen LogP) is 3.33. The molecular formula is C38H38BrF5N6O5S. The summed E-state index contributed by atoms with van der Waals surface area (Å²) in [4.78, 5) is 26.1. The third kappa shape index (κ3) is 11.0. The number of aryl methyl sites for hydroxylation is 2. The number of ether oxygens (including phenoxy) is 1. The molecule has 18 heteroatoms. The first-order valence-electron chi connectivity index (χ1n) is 16.7. The maximum Gasteiger partial charge on any atom is 0.490 e. The van der Waals surface area contributed by atoms with Crippen LogP contribution >= 0.6 is 11.3 Å². The summed E-state index contributed by atoms with van der Waals surface area (Å²) < 4.78 is 70.0. The second-order valence-electron chi connectivity index (χ2n) is 13.2. The number of esters is 1. The summed E-state index contributed by atoms with van der Waals surface area (Å²) in [6.07, 6.45) is -1.79. The lowest BCUT2D eigenvalue weighted by Crippen LogP contribution is -3.00. The summed E-state index contributed by atoms with van der Waals surface area (Å²) in [5.74, 6) is -5.18. The van der Waals surface area contributed by atoms with Crippen molar-refractivity contribution in [3.05, 3.63) is 117 Å². The van der Waals surface area contributed by atoms with Crippen molar-refractivity contribution in [2.75, 3.05) is 0 Å². The number of benzene rings is 3. The Bertz CT molecular complexity index is 2180. The Labute approximate surface area is 333 Å². The lowest BCUT2D eigenvalue weighted by Gasteiger charge is -2.32. The van der Waals surface area contributed by atoms with Gasteiger partial charge >= 0.3 is 18.1 Å². The fourth-order valence-electron chi connectivity index (χ4n) is 5.55. The van der Waals surface area contributed by atoms with Crippen molar-refractivity contribution < 1.29 is 68.0 Å². The second-order valence-corrected chi connectivity index (χ2v) is 14.1. The van der Waals surface area contributed by atoms with Crippen LogP contribution in [0.2, 0.25) is 0 Å². The van der Waals surface area contributed by atoms with Gasteiger partial charge in [0.05, 0.1) is 28.9 Å². The van der Waals surface area contributed by atoms with Gasteiger partial charge in [-0.15, -0.1) is 16.0 Å². The fourth-order valence-corrected chi connectivity index (χ4v) is 6.52. The zero-order chi connectivity index (χ0) is 40.8. The third-order valence-electron chi connectivity index (χ3n) is 8.67.